The number of nitrogens with zero attached hydrogens (tertiary/aromatic N) is 3. The molecule has 2 aromatic rings. The van der Waals surface area contributed by atoms with E-state index in [9.17, 15) is 4.79 Å². The lowest BCUT2D eigenvalue weighted by atomic mass is 10.3. The van der Waals surface area contributed by atoms with Crippen LogP contribution >= 0.6 is 11.6 Å². The van der Waals surface area contributed by atoms with Gasteiger partial charge >= 0.3 is 0 Å². The van der Waals surface area contributed by atoms with E-state index >= 15 is 0 Å². The van der Waals surface area contributed by atoms with Gasteiger partial charge in [0.15, 0.2) is 5.75 Å². The minimum Gasteiger partial charge on any atom is -0.493 e. The molecule has 19 heavy (non-hydrogen) atoms. The van der Waals surface area contributed by atoms with E-state index in [-0.39, 0.29) is 5.69 Å². The van der Waals surface area contributed by atoms with Crippen LogP contribution in [0.25, 0.3) is 5.69 Å². The highest BCUT2D eigenvalue weighted by Crippen LogP contribution is 2.39. The summed E-state index contributed by atoms with van der Waals surface area (Å²) in [6.07, 6.45) is 7.54. The molecular formula is C13H12ClN3O2. The summed E-state index contributed by atoms with van der Waals surface area (Å²) >= 11 is 5.46. The number of carbonyl (C=O) groups excluding carboxylic acids is 1. The summed E-state index contributed by atoms with van der Waals surface area (Å²) in [6.45, 7) is 0. The van der Waals surface area contributed by atoms with Crippen LogP contribution in [0, 0.1) is 0 Å². The van der Waals surface area contributed by atoms with Crippen molar-refractivity contribution in [2.24, 2.45) is 0 Å². The maximum atomic E-state index is 11.2. The Morgan fingerprint density at radius 2 is 2.26 bits per heavy atom. The third-order valence-corrected chi connectivity index (χ3v) is 3.34. The molecule has 0 aromatic carbocycles. The highest BCUT2D eigenvalue weighted by atomic mass is 35.5. The van der Waals surface area contributed by atoms with Crippen LogP contribution in [0.4, 0.5) is 0 Å². The van der Waals surface area contributed by atoms with Gasteiger partial charge in [0, 0.05) is 12.1 Å². The molecule has 5 nitrogen and oxygen atoms in total. The summed E-state index contributed by atoms with van der Waals surface area (Å²) in [5.41, 5.74) is 1.97. The van der Waals surface area contributed by atoms with Crippen LogP contribution < -0.4 is 4.74 Å². The Labute approximate surface area is 115 Å². The number of methoxy groups -OCH3 is 1. The SMILES string of the molecule is COc1cnc(C(=O)Cl)cc1-n1cnc(C2CC2)c1. The first-order valence-electron chi connectivity index (χ1n) is 5.97. The molecule has 3 rings (SSSR count). The van der Waals surface area contributed by atoms with Crippen molar-refractivity contribution in [2.75, 3.05) is 7.11 Å². The summed E-state index contributed by atoms with van der Waals surface area (Å²) in [5.74, 6) is 1.14. The zero-order chi connectivity index (χ0) is 13.4. The van der Waals surface area contributed by atoms with Crippen LogP contribution in [0.15, 0.2) is 24.8 Å². The van der Waals surface area contributed by atoms with Crippen molar-refractivity contribution in [3.05, 3.63) is 36.2 Å². The van der Waals surface area contributed by atoms with E-state index in [1.165, 1.54) is 19.0 Å². The first-order chi connectivity index (χ1) is 9.19. The molecule has 0 amide bonds. The number of hydrogen-bond donors (Lipinski definition) is 0. The number of carbonyl (C=O) groups is 1. The summed E-state index contributed by atoms with van der Waals surface area (Å²) in [4.78, 5) is 19.5. The van der Waals surface area contributed by atoms with Crippen molar-refractivity contribution >= 4 is 16.8 Å². The Balaban J connectivity index is 2.04. The number of halogens is 1. The number of pyridine rings is 1. The van der Waals surface area contributed by atoms with Gasteiger partial charge < -0.3 is 9.30 Å². The molecule has 1 fully saturated rings. The topological polar surface area (TPSA) is 57.0 Å². The minimum atomic E-state index is -0.591. The molecule has 2 aromatic heterocycles. The van der Waals surface area contributed by atoms with Crippen LogP contribution in [0.2, 0.25) is 0 Å². The second-order valence-electron chi connectivity index (χ2n) is 4.50. The first-order valence-corrected chi connectivity index (χ1v) is 6.35. The molecule has 0 saturated heterocycles. The van der Waals surface area contributed by atoms with Crippen molar-refractivity contribution in [1.29, 1.82) is 0 Å². The molecule has 1 saturated carbocycles. The van der Waals surface area contributed by atoms with E-state index in [0.717, 1.165) is 5.69 Å². The number of rotatable bonds is 4. The summed E-state index contributed by atoms with van der Waals surface area (Å²) in [7, 11) is 1.56. The highest BCUT2D eigenvalue weighted by molar-refractivity contribution is 6.67. The monoisotopic (exact) mass is 277 g/mol. The van der Waals surface area contributed by atoms with Crippen molar-refractivity contribution in [3.8, 4) is 11.4 Å². The lowest BCUT2D eigenvalue weighted by Gasteiger charge is -2.09. The molecule has 0 atom stereocenters. The molecule has 6 heteroatoms. The predicted octanol–water partition coefficient (Wildman–Crippen LogP) is 2.53. The van der Waals surface area contributed by atoms with Gasteiger partial charge in [-0.2, -0.15) is 0 Å². The van der Waals surface area contributed by atoms with Gasteiger partial charge in [0.1, 0.15) is 5.69 Å². The zero-order valence-corrected chi connectivity index (χ0v) is 11.1. The van der Waals surface area contributed by atoms with E-state index in [2.05, 4.69) is 9.97 Å². The fourth-order valence-corrected chi connectivity index (χ4v) is 2.06. The van der Waals surface area contributed by atoms with Crippen molar-refractivity contribution < 1.29 is 9.53 Å². The van der Waals surface area contributed by atoms with Crippen LogP contribution in [0.3, 0.4) is 0 Å². The van der Waals surface area contributed by atoms with Gasteiger partial charge in [0.25, 0.3) is 5.24 Å². The lowest BCUT2D eigenvalue weighted by molar-refractivity contribution is 0.107. The normalized spacial score (nSPS) is 14.4. The molecular weight excluding hydrogens is 266 g/mol. The fourth-order valence-electron chi connectivity index (χ4n) is 1.96. The second kappa shape index (κ2) is 4.66. The average molecular weight is 278 g/mol. The fraction of sp³-hybridized carbons (Fsp3) is 0.308. The molecule has 0 N–H and O–H groups in total. The van der Waals surface area contributed by atoms with E-state index in [1.807, 2.05) is 10.8 Å². The van der Waals surface area contributed by atoms with Gasteiger partial charge in [0.05, 0.1) is 31.0 Å². The Kier molecular flexibility index (Phi) is 2.98. The molecule has 0 aliphatic heterocycles. The number of aromatic nitrogens is 3. The summed E-state index contributed by atoms with van der Waals surface area (Å²) in [5, 5.41) is -0.591. The van der Waals surface area contributed by atoms with Gasteiger partial charge in [-0.15, -0.1) is 0 Å². The summed E-state index contributed by atoms with van der Waals surface area (Å²) in [6, 6.07) is 1.60. The number of hydrogen-bond acceptors (Lipinski definition) is 4. The molecule has 1 aliphatic carbocycles. The molecule has 0 unspecified atom stereocenters. The first kappa shape index (κ1) is 12.2. The van der Waals surface area contributed by atoms with Gasteiger partial charge in [-0.1, -0.05) is 0 Å². The van der Waals surface area contributed by atoms with E-state index in [4.69, 9.17) is 16.3 Å². The highest BCUT2D eigenvalue weighted by Gasteiger charge is 2.26. The van der Waals surface area contributed by atoms with Gasteiger partial charge in [-0.05, 0) is 30.5 Å². The van der Waals surface area contributed by atoms with Crippen LogP contribution in [-0.2, 0) is 0 Å². The molecule has 0 bridgehead atoms. The van der Waals surface area contributed by atoms with Crippen molar-refractivity contribution in [1.82, 2.24) is 14.5 Å². The van der Waals surface area contributed by atoms with Crippen molar-refractivity contribution in [3.63, 3.8) is 0 Å². The molecule has 0 spiro atoms. The predicted molar refractivity (Wildman–Crippen MR) is 70.1 cm³/mol. The van der Waals surface area contributed by atoms with Crippen LogP contribution in [-0.4, -0.2) is 26.9 Å². The third-order valence-electron chi connectivity index (χ3n) is 3.14. The number of imidazole rings is 1. The van der Waals surface area contributed by atoms with Crippen molar-refractivity contribution in [2.45, 2.75) is 18.8 Å². The molecule has 2 heterocycles. The van der Waals surface area contributed by atoms with Gasteiger partial charge in [-0.3, -0.25) is 4.79 Å². The smallest absolute Gasteiger partial charge is 0.270 e. The Bertz CT molecular complexity index is 635. The average Bonchev–Trinajstić information content (AvgIpc) is 3.16. The molecule has 98 valence electrons. The Morgan fingerprint density at radius 3 is 2.89 bits per heavy atom. The largest absolute Gasteiger partial charge is 0.493 e. The van der Waals surface area contributed by atoms with E-state index in [1.54, 1.807) is 19.5 Å². The summed E-state index contributed by atoms with van der Waals surface area (Å²) < 4.78 is 7.09. The van der Waals surface area contributed by atoms with Crippen LogP contribution in [0.1, 0.15) is 34.9 Å². The molecule has 1 aliphatic rings. The standard InChI is InChI=1S/C13H12ClN3O2/c1-19-12-5-15-9(13(14)18)4-11(12)17-6-10(16-7-17)8-2-3-8/h4-8H,2-3H2,1H3. The quantitative estimate of drug-likeness (QED) is 0.806. The van der Waals surface area contributed by atoms with Crippen LogP contribution in [0.5, 0.6) is 5.75 Å². The Morgan fingerprint density at radius 1 is 1.47 bits per heavy atom. The maximum Gasteiger partial charge on any atom is 0.270 e. The Hall–Kier alpha value is -1.88. The van der Waals surface area contributed by atoms with E-state index < -0.39 is 5.24 Å². The zero-order valence-electron chi connectivity index (χ0n) is 10.3. The number of ether oxygens (including phenoxy) is 1. The molecule has 0 radical (unpaired) electrons. The van der Waals surface area contributed by atoms with Gasteiger partial charge in [0.2, 0.25) is 0 Å². The lowest BCUT2D eigenvalue weighted by Crippen LogP contribution is -2.01. The minimum absolute atomic E-state index is 0.194. The maximum absolute atomic E-state index is 11.2. The van der Waals surface area contributed by atoms with E-state index in [0.29, 0.717) is 17.4 Å². The second-order valence-corrected chi connectivity index (χ2v) is 4.84. The van der Waals surface area contributed by atoms with Gasteiger partial charge in [-0.25, -0.2) is 9.97 Å². The third kappa shape index (κ3) is 2.33.